The van der Waals surface area contributed by atoms with Crippen LogP contribution in [0.15, 0.2) is 41.4 Å². The molecule has 7 nitrogen and oxygen atoms in total. The molecule has 8 heteroatoms. The minimum Gasteiger partial charge on any atom is -0.493 e. The van der Waals surface area contributed by atoms with E-state index in [-0.39, 0.29) is 24.0 Å². The van der Waals surface area contributed by atoms with Crippen molar-refractivity contribution in [2.24, 2.45) is 4.99 Å². The number of hydrogen-bond donors (Lipinski definition) is 2. The van der Waals surface area contributed by atoms with Gasteiger partial charge in [0.15, 0.2) is 17.5 Å². The first-order valence-electron chi connectivity index (χ1n) is 7.97. The SMILES string of the molecule is CCNC(=NCc1cccc(OC)n1)Nc1ccc(OC)c(OC)c1.I. The second kappa shape index (κ2) is 11.4. The van der Waals surface area contributed by atoms with E-state index in [9.17, 15) is 0 Å². The molecule has 1 aromatic carbocycles. The van der Waals surface area contributed by atoms with Gasteiger partial charge >= 0.3 is 0 Å². The summed E-state index contributed by atoms with van der Waals surface area (Å²) in [7, 11) is 4.81. The number of ether oxygens (including phenoxy) is 3. The number of nitrogens with zero attached hydrogens (tertiary/aromatic N) is 2. The molecule has 1 heterocycles. The van der Waals surface area contributed by atoms with Gasteiger partial charge in [-0.05, 0) is 25.1 Å². The first-order valence-corrected chi connectivity index (χ1v) is 7.97. The van der Waals surface area contributed by atoms with Crippen LogP contribution in [0.3, 0.4) is 0 Å². The molecule has 0 unspecified atom stereocenters. The van der Waals surface area contributed by atoms with Crippen molar-refractivity contribution < 1.29 is 14.2 Å². The summed E-state index contributed by atoms with van der Waals surface area (Å²) in [6.45, 7) is 3.18. The van der Waals surface area contributed by atoms with Gasteiger partial charge < -0.3 is 24.8 Å². The van der Waals surface area contributed by atoms with Gasteiger partial charge in [-0.25, -0.2) is 9.98 Å². The zero-order valence-corrected chi connectivity index (χ0v) is 17.7. The first kappa shape index (κ1) is 21.8. The fourth-order valence-electron chi connectivity index (χ4n) is 2.18. The molecule has 2 rings (SSSR count). The summed E-state index contributed by atoms with van der Waals surface area (Å²) >= 11 is 0. The van der Waals surface area contributed by atoms with Crippen LogP contribution in [0.2, 0.25) is 0 Å². The summed E-state index contributed by atoms with van der Waals surface area (Å²) in [4.78, 5) is 8.92. The minimum atomic E-state index is 0. The van der Waals surface area contributed by atoms with E-state index in [0.29, 0.717) is 29.9 Å². The van der Waals surface area contributed by atoms with Crippen molar-refractivity contribution in [3.63, 3.8) is 0 Å². The van der Waals surface area contributed by atoms with Gasteiger partial charge in [-0.3, -0.25) is 0 Å². The quantitative estimate of drug-likeness (QED) is 0.366. The van der Waals surface area contributed by atoms with Crippen LogP contribution in [0.25, 0.3) is 0 Å². The second-order valence-corrected chi connectivity index (χ2v) is 5.06. The standard InChI is InChI=1S/C18H24N4O3.HI/c1-5-19-18(20-12-14-7-6-8-17(21-14)25-4)22-13-9-10-15(23-2)16(11-13)24-3;/h6-11H,5,12H2,1-4H3,(H2,19,20,22);1H. The van der Waals surface area contributed by atoms with E-state index >= 15 is 0 Å². The molecule has 0 amide bonds. The average molecular weight is 472 g/mol. The summed E-state index contributed by atoms with van der Waals surface area (Å²) in [6, 6.07) is 11.2. The maximum absolute atomic E-state index is 5.32. The molecule has 2 N–H and O–H groups in total. The number of anilines is 1. The fraction of sp³-hybridized carbons (Fsp3) is 0.333. The number of nitrogens with one attached hydrogen (secondary N) is 2. The highest BCUT2D eigenvalue weighted by Gasteiger charge is 2.06. The smallest absolute Gasteiger partial charge is 0.213 e. The Bertz CT molecular complexity index is 725. The van der Waals surface area contributed by atoms with Crippen LogP contribution in [-0.2, 0) is 6.54 Å². The number of aromatic nitrogens is 1. The maximum Gasteiger partial charge on any atom is 0.213 e. The molecular formula is C18H25IN4O3. The lowest BCUT2D eigenvalue weighted by molar-refractivity contribution is 0.355. The van der Waals surface area contributed by atoms with Crippen LogP contribution in [0.5, 0.6) is 17.4 Å². The number of methoxy groups -OCH3 is 3. The molecule has 0 atom stereocenters. The van der Waals surface area contributed by atoms with Crippen molar-refractivity contribution in [1.29, 1.82) is 0 Å². The lowest BCUT2D eigenvalue weighted by Gasteiger charge is -2.13. The average Bonchev–Trinajstić information content (AvgIpc) is 2.66. The van der Waals surface area contributed by atoms with Gasteiger partial charge in [-0.2, -0.15) is 0 Å². The number of pyridine rings is 1. The number of hydrogen-bond acceptors (Lipinski definition) is 5. The van der Waals surface area contributed by atoms with Gasteiger partial charge in [0.1, 0.15) is 0 Å². The third-order valence-corrected chi connectivity index (χ3v) is 3.38. The molecule has 0 aliphatic heterocycles. The predicted octanol–water partition coefficient (Wildman–Crippen LogP) is 3.30. The van der Waals surface area contributed by atoms with Crippen molar-refractivity contribution in [3.05, 3.63) is 42.1 Å². The molecule has 0 radical (unpaired) electrons. The molecule has 0 aliphatic rings. The lowest BCUT2D eigenvalue weighted by atomic mass is 10.2. The summed E-state index contributed by atoms with van der Waals surface area (Å²) in [6.07, 6.45) is 0. The lowest BCUT2D eigenvalue weighted by Crippen LogP contribution is -2.30. The molecule has 142 valence electrons. The third kappa shape index (κ3) is 6.25. The Hall–Kier alpha value is -2.23. The second-order valence-electron chi connectivity index (χ2n) is 5.06. The van der Waals surface area contributed by atoms with E-state index in [0.717, 1.165) is 17.9 Å². The largest absolute Gasteiger partial charge is 0.493 e. The van der Waals surface area contributed by atoms with Crippen LogP contribution in [0.4, 0.5) is 5.69 Å². The van der Waals surface area contributed by atoms with Crippen LogP contribution < -0.4 is 24.8 Å². The fourth-order valence-corrected chi connectivity index (χ4v) is 2.18. The highest BCUT2D eigenvalue weighted by atomic mass is 127. The van der Waals surface area contributed by atoms with Crippen molar-refractivity contribution in [2.45, 2.75) is 13.5 Å². The molecular weight excluding hydrogens is 447 g/mol. The zero-order valence-electron chi connectivity index (χ0n) is 15.4. The van der Waals surface area contributed by atoms with E-state index in [2.05, 4.69) is 20.6 Å². The number of halogens is 1. The Morgan fingerprint density at radius 2 is 1.81 bits per heavy atom. The summed E-state index contributed by atoms with van der Waals surface area (Å²) in [5.74, 6) is 2.55. The number of aliphatic imine (C=N–C) groups is 1. The maximum atomic E-state index is 5.32. The van der Waals surface area contributed by atoms with Crippen molar-refractivity contribution >= 4 is 35.6 Å². The molecule has 0 aliphatic carbocycles. The highest BCUT2D eigenvalue weighted by molar-refractivity contribution is 14.0. The predicted molar refractivity (Wildman–Crippen MR) is 114 cm³/mol. The van der Waals surface area contributed by atoms with Crippen molar-refractivity contribution in [3.8, 4) is 17.4 Å². The topological polar surface area (TPSA) is 77.0 Å². The van der Waals surface area contributed by atoms with Gasteiger partial charge in [-0.15, -0.1) is 24.0 Å². The third-order valence-electron chi connectivity index (χ3n) is 3.38. The van der Waals surface area contributed by atoms with Crippen LogP contribution >= 0.6 is 24.0 Å². The Kier molecular flexibility index (Phi) is 9.56. The van der Waals surface area contributed by atoms with E-state index in [4.69, 9.17) is 14.2 Å². The number of guanidine groups is 1. The monoisotopic (exact) mass is 472 g/mol. The minimum absolute atomic E-state index is 0. The Balaban J connectivity index is 0.00000338. The van der Waals surface area contributed by atoms with Crippen molar-refractivity contribution in [1.82, 2.24) is 10.3 Å². The molecule has 0 bridgehead atoms. The molecule has 0 saturated carbocycles. The zero-order chi connectivity index (χ0) is 18.1. The molecule has 0 fully saturated rings. The molecule has 0 spiro atoms. The summed E-state index contributed by atoms with van der Waals surface area (Å²) < 4.78 is 15.7. The van der Waals surface area contributed by atoms with Crippen LogP contribution in [0, 0.1) is 0 Å². The highest BCUT2D eigenvalue weighted by Crippen LogP contribution is 2.29. The molecule has 26 heavy (non-hydrogen) atoms. The van der Waals surface area contributed by atoms with E-state index in [1.807, 2.05) is 37.3 Å². The molecule has 2 aromatic rings. The van der Waals surface area contributed by atoms with E-state index in [1.54, 1.807) is 27.4 Å². The van der Waals surface area contributed by atoms with Crippen LogP contribution in [-0.4, -0.2) is 38.8 Å². The van der Waals surface area contributed by atoms with Crippen molar-refractivity contribution in [2.75, 3.05) is 33.2 Å². The normalized spacial score (nSPS) is 10.5. The Morgan fingerprint density at radius 1 is 1.04 bits per heavy atom. The van der Waals surface area contributed by atoms with Gasteiger partial charge in [0.05, 0.1) is 33.6 Å². The number of benzene rings is 1. The summed E-state index contributed by atoms with van der Waals surface area (Å²) in [5, 5.41) is 6.45. The van der Waals surface area contributed by atoms with Gasteiger partial charge in [0.25, 0.3) is 0 Å². The van der Waals surface area contributed by atoms with Gasteiger partial charge in [0, 0.05) is 24.4 Å². The summed E-state index contributed by atoms with van der Waals surface area (Å²) in [5.41, 5.74) is 1.67. The number of rotatable bonds is 7. The Labute approximate surface area is 171 Å². The van der Waals surface area contributed by atoms with Gasteiger partial charge in [0.2, 0.25) is 5.88 Å². The Morgan fingerprint density at radius 3 is 2.46 bits per heavy atom. The molecule has 1 aromatic heterocycles. The van der Waals surface area contributed by atoms with Crippen LogP contribution in [0.1, 0.15) is 12.6 Å². The van der Waals surface area contributed by atoms with E-state index < -0.39 is 0 Å². The first-order chi connectivity index (χ1) is 12.2. The molecule has 0 saturated heterocycles. The van der Waals surface area contributed by atoms with Gasteiger partial charge in [-0.1, -0.05) is 6.07 Å². The van der Waals surface area contributed by atoms with E-state index in [1.165, 1.54) is 0 Å².